The van der Waals surface area contributed by atoms with E-state index in [-0.39, 0.29) is 11.5 Å². The van der Waals surface area contributed by atoms with Gasteiger partial charge in [-0.3, -0.25) is 0 Å². The van der Waals surface area contributed by atoms with E-state index in [0.29, 0.717) is 10.9 Å². The molecule has 0 saturated heterocycles. The Labute approximate surface area is 184 Å². The lowest BCUT2D eigenvalue weighted by Gasteiger charge is -2.29. The Balaban J connectivity index is 2.27. The van der Waals surface area contributed by atoms with Gasteiger partial charge < -0.3 is 15.1 Å². The van der Waals surface area contributed by atoms with Crippen molar-refractivity contribution in [2.75, 3.05) is 4.90 Å². The highest BCUT2D eigenvalue weighted by molar-refractivity contribution is 7.84. The van der Waals surface area contributed by atoms with Crippen LogP contribution in [0.5, 0.6) is 11.5 Å². The first-order chi connectivity index (χ1) is 14.3. The van der Waals surface area contributed by atoms with Crippen LogP contribution in [0.15, 0.2) is 66.2 Å². The first-order valence-corrected chi connectivity index (χ1v) is 10.7. The quantitative estimate of drug-likeness (QED) is 0.370. The summed E-state index contributed by atoms with van der Waals surface area (Å²) in [6.07, 6.45) is 2.81. The molecule has 0 saturated carbocycles. The summed E-state index contributed by atoms with van der Waals surface area (Å²) in [7, 11) is 0. The molecule has 0 aliphatic rings. The van der Waals surface area contributed by atoms with E-state index < -0.39 is 0 Å². The van der Waals surface area contributed by atoms with Gasteiger partial charge in [0.15, 0.2) is 0 Å². The number of nitrogens with zero attached hydrogens (tertiary/aromatic N) is 1. The van der Waals surface area contributed by atoms with Crippen molar-refractivity contribution in [2.45, 2.75) is 40.0 Å². The van der Waals surface area contributed by atoms with E-state index in [1.165, 1.54) is 5.56 Å². The fourth-order valence-electron chi connectivity index (χ4n) is 3.98. The van der Waals surface area contributed by atoms with E-state index >= 15 is 0 Å². The van der Waals surface area contributed by atoms with Gasteiger partial charge in [-0.15, -0.1) is 12.6 Å². The van der Waals surface area contributed by atoms with Crippen molar-refractivity contribution in [3.63, 3.8) is 0 Å². The number of phenols is 2. The molecule has 3 nitrogen and oxygen atoms in total. The molecule has 3 aromatic rings. The van der Waals surface area contributed by atoms with Gasteiger partial charge in [0, 0.05) is 16.3 Å². The minimum absolute atomic E-state index is 0.221. The summed E-state index contributed by atoms with van der Waals surface area (Å²) >= 11 is 4.59. The van der Waals surface area contributed by atoms with E-state index in [0.717, 1.165) is 39.7 Å². The molecule has 0 atom stereocenters. The minimum atomic E-state index is 0.221. The minimum Gasteiger partial charge on any atom is -0.507 e. The average molecular weight is 420 g/mol. The average Bonchev–Trinajstić information content (AvgIpc) is 2.71. The summed E-state index contributed by atoms with van der Waals surface area (Å²) in [5.74, 6) is 0.782. The second kappa shape index (κ2) is 8.88. The second-order valence-corrected chi connectivity index (χ2v) is 8.17. The third-order valence-electron chi connectivity index (χ3n) is 5.43. The van der Waals surface area contributed by atoms with Crippen LogP contribution in [0.2, 0.25) is 0 Å². The van der Waals surface area contributed by atoms with Gasteiger partial charge in [0.2, 0.25) is 0 Å². The van der Waals surface area contributed by atoms with E-state index in [9.17, 15) is 10.2 Å². The third-order valence-corrected chi connectivity index (χ3v) is 5.63. The SMILES string of the molecule is C=C(S)N(/C(=C\C)c1cc(C(C)C)c(CC)cc1O)c1cccc2c(O)cccc12. The number of allylic oxidation sites excluding steroid dienone is 1. The molecule has 0 aliphatic heterocycles. The van der Waals surface area contributed by atoms with Crippen LogP contribution in [0.4, 0.5) is 5.69 Å². The Morgan fingerprint density at radius 1 is 1.07 bits per heavy atom. The predicted octanol–water partition coefficient (Wildman–Crippen LogP) is 7.21. The molecular formula is C26H29NO2S. The summed E-state index contributed by atoms with van der Waals surface area (Å²) in [5, 5.41) is 23.4. The van der Waals surface area contributed by atoms with Crippen LogP contribution in [0, 0.1) is 0 Å². The number of anilines is 1. The van der Waals surface area contributed by atoms with Crippen molar-refractivity contribution in [3.8, 4) is 11.5 Å². The number of fused-ring (bicyclic) bond motifs is 1. The maximum Gasteiger partial charge on any atom is 0.125 e. The van der Waals surface area contributed by atoms with Crippen LogP contribution in [-0.2, 0) is 6.42 Å². The van der Waals surface area contributed by atoms with Crippen LogP contribution in [0.1, 0.15) is 50.3 Å². The number of hydrogen-bond acceptors (Lipinski definition) is 4. The first-order valence-electron chi connectivity index (χ1n) is 10.2. The summed E-state index contributed by atoms with van der Waals surface area (Å²) < 4.78 is 0. The van der Waals surface area contributed by atoms with Crippen molar-refractivity contribution in [1.29, 1.82) is 0 Å². The molecule has 0 fully saturated rings. The molecule has 30 heavy (non-hydrogen) atoms. The van der Waals surface area contributed by atoms with Crippen molar-refractivity contribution in [2.24, 2.45) is 0 Å². The lowest BCUT2D eigenvalue weighted by Crippen LogP contribution is -2.18. The van der Waals surface area contributed by atoms with Crippen LogP contribution >= 0.6 is 12.6 Å². The predicted molar refractivity (Wildman–Crippen MR) is 131 cm³/mol. The highest BCUT2D eigenvalue weighted by atomic mass is 32.1. The molecule has 0 radical (unpaired) electrons. The topological polar surface area (TPSA) is 43.7 Å². The monoisotopic (exact) mass is 419 g/mol. The van der Waals surface area contributed by atoms with Gasteiger partial charge in [-0.25, -0.2) is 0 Å². The van der Waals surface area contributed by atoms with Crippen LogP contribution in [-0.4, -0.2) is 10.2 Å². The molecular weight excluding hydrogens is 390 g/mol. The molecule has 3 rings (SSSR count). The summed E-state index contributed by atoms with van der Waals surface area (Å²) in [5.41, 5.74) is 4.71. The lowest BCUT2D eigenvalue weighted by molar-refractivity contribution is 0.472. The van der Waals surface area contributed by atoms with Crippen molar-refractivity contribution < 1.29 is 10.2 Å². The smallest absolute Gasteiger partial charge is 0.125 e. The van der Waals surface area contributed by atoms with Crippen LogP contribution in [0.3, 0.4) is 0 Å². The Morgan fingerprint density at radius 2 is 1.73 bits per heavy atom. The van der Waals surface area contributed by atoms with Crippen LogP contribution in [0.25, 0.3) is 16.5 Å². The molecule has 0 unspecified atom stereocenters. The molecule has 0 amide bonds. The Hall–Kier alpha value is -2.85. The number of hydrogen-bond donors (Lipinski definition) is 3. The van der Waals surface area contributed by atoms with Crippen molar-refractivity contribution in [1.82, 2.24) is 0 Å². The Kier molecular flexibility index (Phi) is 6.47. The van der Waals surface area contributed by atoms with Crippen molar-refractivity contribution >= 4 is 34.8 Å². The Morgan fingerprint density at radius 3 is 2.33 bits per heavy atom. The number of aromatic hydroxyl groups is 2. The zero-order valence-corrected chi connectivity index (χ0v) is 18.9. The maximum atomic E-state index is 10.9. The molecule has 0 bridgehead atoms. The zero-order chi connectivity index (χ0) is 22.0. The van der Waals surface area contributed by atoms with Crippen molar-refractivity contribution in [3.05, 3.63) is 82.9 Å². The van der Waals surface area contributed by atoms with Gasteiger partial charge in [-0.1, -0.05) is 57.7 Å². The van der Waals surface area contributed by atoms with Crippen LogP contribution < -0.4 is 4.90 Å². The molecule has 0 heterocycles. The molecule has 2 N–H and O–H groups in total. The van der Waals surface area contributed by atoms with E-state index in [4.69, 9.17) is 0 Å². The Bertz CT molecular complexity index is 1130. The molecule has 3 aromatic carbocycles. The van der Waals surface area contributed by atoms with Gasteiger partial charge in [0.1, 0.15) is 11.5 Å². The first kappa shape index (κ1) is 21.8. The standard InChI is InChI=1S/C26H29NO2S/c1-6-18-14-26(29)22(15-21(18)16(3)4)23(7-2)27(17(5)30)24-12-8-11-20-19(24)10-9-13-25(20)28/h7-16,28-30H,5-6H2,1-4H3/b23-7-. The fraction of sp³-hybridized carbons (Fsp3) is 0.231. The van der Waals surface area contributed by atoms with Gasteiger partial charge in [-0.05, 0) is 54.7 Å². The molecule has 4 heteroatoms. The van der Waals surface area contributed by atoms with Gasteiger partial charge >= 0.3 is 0 Å². The highest BCUT2D eigenvalue weighted by Crippen LogP contribution is 2.41. The molecule has 0 aliphatic carbocycles. The zero-order valence-electron chi connectivity index (χ0n) is 18.0. The molecule has 0 aromatic heterocycles. The van der Waals surface area contributed by atoms with Gasteiger partial charge in [0.25, 0.3) is 0 Å². The maximum absolute atomic E-state index is 10.9. The summed E-state index contributed by atoms with van der Waals surface area (Å²) in [4.78, 5) is 1.91. The largest absolute Gasteiger partial charge is 0.507 e. The fourth-order valence-corrected chi connectivity index (χ4v) is 4.20. The molecule has 156 valence electrons. The van der Waals surface area contributed by atoms with E-state index in [2.05, 4.69) is 46.0 Å². The number of rotatable bonds is 6. The summed E-state index contributed by atoms with van der Waals surface area (Å²) in [6, 6.07) is 15.1. The molecule has 0 spiro atoms. The lowest BCUT2D eigenvalue weighted by atomic mass is 9.91. The number of phenolic OH excluding ortho intramolecular Hbond substituents is 2. The second-order valence-electron chi connectivity index (χ2n) is 7.65. The normalized spacial score (nSPS) is 11.9. The number of benzene rings is 3. The number of thiol groups is 1. The van der Waals surface area contributed by atoms with E-state index in [1.807, 2.05) is 54.3 Å². The highest BCUT2D eigenvalue weighted by Gasteiger charge is 2.22. The van der Waals surface area contributed by atoms with E-state index in [1.54, 1.807) is 6.07 Å². The number of aryl methyl sites for hydroxylation is 1. The summed E-state index contributed by atoms with van der Waals surface area (Å²) in [6.45, 7) is 12.4. The van der Waals surface area contributed by atoms with Gasteiger partial charge in [-0.2, -0.15) is 0 Å². The van der Waals surface area contributed by atoms with Gasteiger partial charge in [0.05, 0.1) is 16.4 Å². The third kappa shape index (κ3) is 3.92.